The molecule has 0 aliphatic rings. The molecule has 0 amide bonds. The molecule has 8 nitrogen and oxygen atoms in total. The van der Waals surface area contributed by atoms with Crippen molar-refractivity contribution >= 4 is 16.7 Å². The lowest BCUT2D eigenvalue weighted by atomic mass is 10.1. The number of fused-ring (bicyclic) bond motifs is 3. The van der Waals surface area contributed by atoms with Crippen LogP contribution >= 0.6 is 0 Å². The zero-order chi connectivity index (χ0) is 19.3. The Morgan fingerprint density at radius 1 is 1.11 bits per heavy atom. The molecule has 0 spiro atoms. The summed E-state index contributed by atoms with van der Waals surface area (Å²) in [4.78, 5) is 8.98. The summed E-state index contributed by atoms with van der Waals surface area (Å²) < 4.78 is 15.2. The molecule has 28 heavy (non-hydrogen) atoms. The van der Waals surface area contributed by atoms with Gasteiger partial charge in [-0.3, -0.25) is 4.68 Å². The molecule has 4 aromatic heterocycles. The van der Waals surface area contributed by atoms with E-state index >= 15 is 0 Å². The molecule has 8 heteroatoms. The second kappa shape index (κ2) is 6.19. The van der Waals surface area contributed by atoms with E-state index in [0.29, 0.717) is 29.6 Å². The van der Waals surface area contributed by atoms with Crippen LogP contribution in [-0.4, -0.2) is 29.4 Å². The highest BCUT2D eigenvalue weighted by Crippen LogP contribution is 2.24. The normalized spacial score (nSPS) is 11.5. The predicted octanol–water partition coefficient (Wildman–Crippen LogP) is 3.47. The molecule has 0 N–H and O–H groups in total. The number of hydrogen-bond acceptors (Lipinski definition) is 6. The van der Waals surface area contributed by atoms with E-state index in [1.54, 1.807) is 21.7 Å². The minimum Gasteiger partial charge on any atom is -0.485 e. The molecule has 0 fully saturated rings. The molecule has 0 bridgehead atoms. The minimum atomic E-state index is 0.339. The third-order valence-electron chi connectivity index (χ3n) is 4.66. The van der Waals surface area contributed by atoms with E-state index in [0.717, 1.165) is 27.9 Å². The molecule has 0 atom stereocenters. The molecule has 0 saturated carbocycles. The summed E-state index contributed by atoms with van der Waals surface area (Å²) in [6.07, 6.45) is 3.37. The average Bonchev–Trinajstić information content (AvgIpc) is 3.40. The Morgan fingerprint density at radius 2 is 2.00 bits per heavy atom. The van der Waals surface area contributed by atoms with Gasteiger partial charge in [-0.2, -0.15) is 5.10 Å². The first kappa shape index (κ1) is 16.5. The van der Waals surface area contributed by atoms with Crippen LogP contribution in [0.4, 0.5) is 0 Å². The van der Waals surface area contributed by atoms with Crippen LogP contribution in [-0.2, 0) is 13.7 Å². The van der Waals surface area contributed by atoms with Crippen molar-refractivity contribution < 1.29 is 9.15 Å². The van der Waals surface area contributed by atoms with Gasteiger partial charge < -0.3 is 9.15 Å². The first-order chi connectivity index (χ1) is 13.6. The molecular weight excluding hydrogens is 356 g/mol. The lowest BCUT2D eigenvalue weighted by Crippen LogP contribution is -1.96. The molecule has 1 aromatic carbocycles. The fourth-order valence-corrected chi connectivity index (χ4v) is 3.13. The topological polar surface area (TPSA) is 83.3 Å². The molecule has 5 rings (SSSR count). The van der Waals surface area contributed by atoms with Gasteiger partial charge in [-0.1, -0.05) is 12.1 Å². The summed E-state index contributed by atoms with van der Waals surface area (Å²) in [5.41, 5.74) is 3.70. The Hall–Kier alpha value is -3.68. The predicted molar refractivity (Wildman–Crippen MR) is 103 cm³/mol. The molecule has 4 heterocycles. The second-order valence-corrected chi connectivity index (χ2v) is 6.78. The van der Waals surface area contributed by atoms with Crippen LogP contribution in [0.5, 0.6) is 5.75 Å². The van der Waals surface area contributed by atoms with Crippen LogP contribution < -0.4 is 4.74 Å². The van der Waals surface area contributed by atoms with Crippen molar-refractivity contribution in [2.24, 2.45) is 7.05 Å². The Morgan fingerprint density at radius 3 is 2.89 bits per heavy atom. The average molecular weight is 374 g/mol. The van der Waals surface area contributed by atoms with Crippen LogP contribution in [0.2, 0.25) is 0 Å². The summed E-state index contributed by atoms with van der Waals surface area (Å²) in [6.45, 7) is 4.41. The number of furan rings is 1. The van der Waals surface area contributed by atoms with Crippen molar-refractivity contribution in [1.29, 1.82) is 0 Å². The van der Waals surface area contributed by atoms with Crippen molar-refractivity contribution in [1.82, 2.24) is 29.4 Å². The minimum absolute atomic E-state index is 0.339. The highest BCUT2D eigenvalue weighted by molar-refractivity contribution is 5.88. The number of ether oxygens (including phenoxy) is 1. The zero-order valence-electron chi connectivity index (χ0n) is 15.7. The van der Waals surface area contributed by atoms with E-state index in [-0.39, 0.29) is 0 Å². The van der Waals surface area contributed by atoms with Gasteiger partial charge in [-0.05, 0) is 43.2 Å². The SMILES string of the molecule is Cc1ccc(C)c(OCc2ccc(-c3nc4c5cnn(C)c5ncn4n3)o2)c1. The zero-order valence-corrected chi connectivity index (χ0v) is 15.7. The molecule has 140 valence electrons. The largest absolute Gasteiger partial charge is 0.485 e. The molecule has 0 aliphatic heterocycles. The summed E-state index contributed by atoms with van der Waals surface area (Å²) in [7, 11) is 1.85. The van der Waals surface area contributed by atoms with Crippen molar-refractivity contribution in [3.8, 4) is 17.3 Å². The Balaban J connectivity index is 1.42. The van der Waals surface area contributed by atoms with E-state index in [2.05, 4.69) is 26.2 Å². The van der Waals surface area contributed by atoms with Crippen molar-refractivity contribution in [2.75, 3.05) is 0 Å². The Labute approximate surface area is 160 Å². The standard InChI is InChI=1S/C20H18N6O2/c1-12-4-5-13(2)17(8-12)27-10-14-6-7-16(28-14)18-23-20-15-9-22-25(3)19(15)21-11-26(20)24-18/h4-9,11H,10H2,1-3H3. The van der Waals surface area contributed by atoms with Gasteiger partial charge in [-0.25, -0.2) is 14.5 Å². The van der Waals surface area contributed by atoms with Crippen LogP contribution in [0.1, 0.15) is 16.9 Å². The lowest BCUT2D eigenvalue weighted by molar-refractivity contribution is 0.270. The quantitative estimate of drug-likeness (QED) is 0.479. The second-order valence-electron chi connectivity index (χ2n) is 6.78. The molecule has 0 saturated heterocycles. The van der Waals surface area contributed by atoms with E-state index in [1.165, 1.54) is 0 Å². The van der Waals surface area contributed by atoms with Gasteiger partial charge in [0.2, 0.25) is 5.82 Å². The van der Waals surface area contributed by atoms with Gasteiger partial charge in [0.05, 0.1) is 11.6 Å². The molecule has 0 radical (unpaired) electrons. The number of hydrogen-bond donors (Lipinski definition) is 0. The van der Waals surface area contributed by atoms with E-state index < -0.39 is 0 Å². The van der Waals surface area contributed by atoms with Crippen LogP contribution in [0.3, 0.4) is 0 Å². The summed E-state index contributed by atoms with van der Waals surface area (Å²) >= 11 is 0. The highest BCUT2D eigenvalue weighted by atomic mass is 16.5. The van der Waals surface area contributed by atoms with Crippen LogP contribution in [0, 0.1) is 13.8 Å². The number of aryl methyl sites for hydroxylation is 3. The van der Waals surface area contributed by atoms with Crippen LogP contribution in [0.15, 0.2) is 47.3 Å². The third-order valence-corrected chi connectivity index (χ3v) is 4.66. The maximum atomic E-state index is 5.91. The maximum Gasteiger partial charge on any atom is 0.217 e. The Kier molecular flexibility index (Phi) is 3.65. The lowest BCUT2D eigenvalue weighted by Gasteiger charge is -2.08. The number of aromatic nitrogens is 6. The van der Waals surface area contributed by atoms with Crippen molar-refractivity contribution in [2.45, 2.75) is 20.5 Å². The van der Waals surface area contributed by atoms with Gasteiger partial charge in [-0.15, -0.1) is 5.10 Å². The van der Waals surface area contributed by atoms with Gasteiger partial charge in [0.15, 0.2) is 17.1 Å². The smallest absolute Gasteiger partial charge is 0.217 e. The number of rotatable bonds is 4. The third kappa shape index (κ3) is 2.70. The van der Waals surface area contributed by atoms with E-state index in [1.807, 2.05) is 45.2 Å². The van der Waals surface area contributed by atoms with Gasteiger partial charge in [0.25, 0.3) is 0 Å². The summed E-state index contributed by atoms with van der Waals surface area (Å²) in [5, 5.41) is 9.54. The fourth-order valence-electron chi connectivity index (χ4n) is 3.13. The van der Waals surface area contributed by atoms with Gasteiger partial charge in [0.1, 0.15) is 24.4 Å². The summed E-state index contributed by atoms with van der Waals surface area (Å²) in [5.74, 6) is 2.64. The number of benzene rings is 1. The molecule has 0 unspecified atom stereocenters. The van der Waals surface area contributed by atoms with E-state index in [9.17, 15) is 0 Å². The van der Waals surface area contributed by atoms with Crippen molar-refractivity contribution in [3.63, 3.8) is 0 Å². The van der Waals surface area contributed by atoms with Gasteiger partial charge in [0, 0.05) is 7.05 Å². The fraction of sp³-hybridized carbons (Fsp3) is 0.200. The van der Waals surface area contributed by atoms with Gasteiger partial charge >= 0.3 is 0 Å². The highest BCUT2D eigenvalue weighted by Gasteiger charge is 2.15. The maximum absolute atomic E-state index is 5.91. The van der Waals surface area contributed by atoms with E-state index in [4.69, 9.17) is 9.15 Å². The molecule has 0 aliphatic carbocycles. The molecular formula is C20H18N6O2. The van der Waals surface area contributed by atoms with Crippen LogP contribution in [0.25, 0.3) is 28.3 Å². The summed E-state index contributed by atoms with van der Waals surface area (Å²) in [6, 6.07) is 9.87. The Bertz CT molecular complexity index is 1310. The molecule has 5 aromatic rings. The number of nitrogens with zero attached hydrogens (tertiary/aromatic N) is 6. The first-order valence-electron chi connectivity index (χ1n) is 8.91. The first-order valence-corrected chi connectivity index (χ1v) is 8.91. The monoisotopic (exact) mass is 374 g/mol. The van der Waals surface area contributed by atoms with Crippen molar-refractivity contribution in [3.05, 3.63) is 59.7 Å².